The van der Waals surface area contributed by atoms with Gasteiger partial charge in [-0.25, -0.2) is 18.5 Å². The number of aromatic nitrogens is 3. The van der Waals surface area contributed by atoms with Crippen molar-refractivity contribution in [1.29, 1.82) is 0 Å². The van der Waals surface area contributed by atoms with Crippen LogP contribution < -0.4 is 10.5 Å². The lowest BCUT2D eigenvalue weighted by atomic mass is 10.3. The molecule has 2 aromatic rings. The van der Waals surface area contributed by atoms with Crippen LogP contribution in [0, 0.1) is 0 Å². The fraction of sp³-hybridized carbons (Fsp3) is 0.286. The minimum Gasteiger partial charge on any atom is -0.323 e. The maximum Gasteiger partial charge on any atom is 0.212 e. The Kier molecular flexibility index (Phi) is 3.95. The molecule has 1 aliphatic rings. The van der Waals surface area contributed by atoms with Gasteiger partial charge in [-0.15, -0.1) is 0 Å². The number of primary sulfonamides is 1. The highest BCUT2D eigenvalue weighted by atomic mass is 32.2. The minimum atomic E-state index is -3.50. The molecule has 0 unspecified atom stereocenters. The molecular weight excluding hydrogens is 302 g/mol. The lowest BCUT2D eigenvalue weighted by Gasteiger charge is -2.02. The summed E-state index contributed by atoms with van der Waals surface area (Å²) in [5.41, 5.74) is 1.79. The normalized spacial score (nSPS) is 15.3. The number of anilines is 2. The van der Waals surface area contributed by atoms with Gasteiger partial charge in [0.2, 0.25) is 10.0 Å². The van der Waals surface area contributed by atoms with Gasteiger partial charge in [-0.1, -0.05) is 12.1 Å². The second-order valence-electron chi connectivity index (χ2n) is 5.29. The third-order valence-electron chi connectivity index (χ3n) is 3.26. The number of sulfonamides is 1. The number of hydrogen-bond acceptors (Lipinski definition) is 5. The SMILES string of the molecule is NS(=O)(=O)CC=Cc1cccc(Nc2cc(C3CC3)[nH]n2)n1. The predicted molar refractivity (Wildman–Crippen MR) is 85.1 cm³/mol. The van der Waals surface area contributed by atoms with Gasteiger partial charge < -0.3 is 5.32 Å². The van der Waals surface area contributed by atoms with Crippen LogP contribution in [0.5, 0.6) is 0 Å². The Bertz CT molecular complexity index is 793. The Balaban J connectivity index is 1.67. The van der Waals surface area contributed by atoms with E-state index >= 15 is 0 Å². The summed E-state index contributed by atoms with van der Waals surface area (Å²) in [5.74, 6) is 1.77. The van der Waals surface area contributed by atoms with E-state index in [4.69, 9.17) is 5.14 Å². The first-order valence-electron chi connectivity index (χ1n) is 6.96. The molecule has 0 amide bonds. The molecule has 2 aromatic heterocycles. The number of nitrogens with zero attached hydrogens (tertiary/aromatic N) is 2. The van der Waals surface area contributed by atoms with E-state index in [0.717, 1.165) is 11.5 Å². The molecule has 0 radical (unpaired) electrons. The van der Waals surface area contributed by atoms with E-state index in [0.29, 0.717) is 17.4 Å². The summed E-state index contributed by atoms with van der Waals surface area (Å²) in [6, 6.07) is 7.43. The van der Waals surface area contributed by atoms with Crippen LogP contribution in [0.1, 0.15) is 30.1 Å². The van der Waals surface area contributed by atoms with E-state index in [1.165, 1.54) is 18.9 Å². The summed E-state index contributed by atoms with van der Waals surface area (Å²) in [4.78, 5) is 4.37. The molecular formula is C14H17N5O2S. The Morgan fingerprint density at radius 1 is 1.36 bits per heavy atom. The molecule has 1 fully saturated rings. The smallest absolute Gasteiger partial charge is 0.212 e. The number of pyridine rings is 1. The van der Waals surface area contributed by atoms with Gasteiger partial charge in [0.1, 0.15) is 5.82 Å². The number of aromatic amines is 1. The van der Waals surface area contributed by atoms with Crippen LogP contribution in [0.15, 0.2) is 30.3 Å². The Morgan fingerprint density at radius 3 is 2.91 bits per heavy atom. The summed E-state index contributed by atoms with van der Waals surface area (Å²) in [5, 5.41) is 15.3. The molecule has 0 spiro atoms. The highest BCUT2D eigenvalue weighted by molar-refractivity contribution is 7.89. The first-order chi connectivity index (χ1) is 10.5. The molecule has 0 aromatic carbocycles. The molecule has 0 atom stereocenters. The van der Waals surface area contributed by atoms with Gasteiger partial charge in [-0.3, -0.25) is 5.10 Å². The Labute approximate surface area is 128 Å². The number of hydrogen-bond donors (Lipinski definition) is 3. The zero-order chi connectivity index (χ0) is 15.6. The average molecular weight is 319 g/mol. The van der Waals surface area contributed by atoms with Crippen molar-refractivity contribution in [2.24, 2.45) is 5.14 Å². The molecule has 1 aliphatic carbocycles. The van der Waals surface area contributed by atoms with Gasteiger partial charge in [0.05, 0.1) is 11.4 Å². The van der Waals surface area contributed by atoms with Crippen LogP contribution in [0.25, 0.3) is 6.08 Å². The molecule has 7 nitrogen and oxygen atoms in total. The van der Waals surface area contributed by atoms with Crippen LogP contribution in [-0.4, -0.2) is 29.4 Å². The maximum atomic E-state index is 10.9. The molecule has 2 heterocycles. The van der Waals surface area contributed by atoms with Gasteiger partial charge in [-0.2, -0.15) is 5.10 Å². The van der Waals surface area contributed by atoms with Crippen molar-refractivity contribution in [3.63, 3.8) is 0 Å². The molecule has 0 bridgehead atoms. The van der Waals surface area contributed by atoms with E-state index < -0.39 is 10.0 Å². The lowest BCUT2D eigenvalue weighted by molar-refractivity contribution is 0.600. The summed E-state index contributed by atoms with van der Waals surface area (Å²) >= 11 is 0. The number of nitrogens with one attached hydrogen (secondary N) is 2. The van der Waals surface area contributed by atoms with Gasteiger partial charge in [0.15, 0.2) is 5.82 Å². The van der Waals surface area contributed by atoms with Gasteiger partial charge in [0.25, 0.3) is 0 Å². The fourth-order valence-electron chi connectivity index (χ4n) is 2.05. The van der Waals surface area contributed by atoms with Crippen molar-refractivity contribution in [3.05, 3.63) is 41.7 Å². The van der Waals surface area contributed by atoms with Crippen molar-refractivity contribution in [2.75, 3.05) is 11.1 Å². The van der Waals surface area contributed by atoms with E-state index in [-0.39, 0.29) is 5.75 Å². The summed E-state index contributed by atoms with van der Waals surface area (Å²) in [7, 11) is -3.50. The highest BCUT2D eigenvalue weighted by Gasteiger charge is 2.25. The summed E-state index contributed by atoms with van der Waals surface area (Å²) in [6.07, 6.45) is 5.52. The van der Waals surface area contributed by atoms with Crippen LogP contribution >= 0.6 is 0 Å². The Hall–Kier alpha value is -2.19. The Morgan fingerprint density at radius 2 is 2.18 bits per heavy atom. The molecule has 116 valence electrons. The van der Waals surface area contributed by atoms with E-state index in [2.05, 4.69) is 20.5 Å². The zero-order valence-corrected chi connectivity index (χ0v) is 12.7. The van der Waals surface area contributed by atoms with Crippen molar-refractivity contribution in [1.82, 2.24) is 15.2 Å². The second kappa shape index (κ2) is 5.90. The highest BCUT2D eigenvalue weighted by Crippen LogP contribution is 2.39. The van der Waals surface area contributed by atoms with Gasteiger partial charge in [-0.05, 0) is 31.1 Å². The van der Waals surface area contributed by atoms with Crippen molar-refractivity contribution in [3.8, 4) is 0 Å². The maximum absolute atomic E-state index is 10.9. The van der Waals surface area contributed by atoms with Crippen LogP contribution in [-0.2, 0) is 10.0 Å². The van der Waals surface area contributed by atoms with Crippen LogP contribution in [0.4, 0.5) is 11.6 Å². The molecule has 22 heavy (non-hydrogen) atoms. The molecule has 8 heteroatoms. The van der Waals surface area contributed by atoms with Crippen molar-refractivity contribution in [2.45, 2.75) is 18.8 Å². The third-order valence-corrected chi connectivity index (χ3v) is 3.92. The molecule has 1 saturated carbocycles. The van der Waals surface area contributed by atoms with E-state index in [1.807, 2.05) is 18.2 Å². The number of H-pyrrole nitrogens is 1. The molecule has 0 saturated heterocycles. The van der Waals surface area contributed by atoms with E-state index in [1.54, 1.807) is 12.1 Å². The van der Waals surface area contributed by atoms with Gasteiger partial charge in [0, 0.05) is 17.7 Å². The molecule has 3 rings (SSSR count). The van der Waals surface area contributed by atoms with E-state index in [9.17, 15) is 8.42 Å². The molecule has 4 N–H and O–H groups in total. The summed E-state index contributed by atoms with van der Waals surface area (Å²) < 4.78 is 21.7. The standard InChI is InChI=1S/C14H17N5O2S/c15-22(20,21)8-2-4-11-3-1-5-13(16-11)17-14-9-12(18-19-14)10-6-7-10/h1-5,9-10H,6-8H2,(H2,15,20,21)(H2,16,17,18,19). The topological polar surface area (TPSA) is 114 Å². The van der Waals surface area contributed by atoms with Gasteiger partial charge >= 0.3 is 0 Å². The predicted octanol–water partition coefficient (Wildman–Crippen LogP) is 1.73. The monoisotopic (exact) mass is 319 g/mol. The minimum absolute atomic E-state index is 0.212. The average Bonchev–Trinajstić information content (AvgIpc) is 3.19. The number of rotatable bonds is 6. The first-order valence-corrected chi connectivity index (χ1v) is 8.67. The lowest BCUT2D eigenvalue weighted by Crippen LogP contribution is -2.14. The summed E-state index contributed by atoms with van der Waals surface area (Å²) in [6.45, 7) is 0. The second-order valence-corrected chi connectivity index (χ2v) is 6.95. The largest absolute Gasteiger partial charge is 0.323 e. The number of nitrogens with two attached hydrogens (primary N) is 1. The van der Waals surface area contributed by atoms with Crippen LogP contribution in [0.3, 0.4) is 0 Å². The van der Waals surface area contributed by atoms with Crippen LogP contribution in [0.2, 0.25) is 0 Å². The third kappa shape index (κ3) is 4.15. The fourth-order valence-corrected chi connectivity index (χ4v) is 2.42. The first kappa shape index (κ1) is 14.7. The zero-order valence-electron chi connectivity index (χ0n) is 11.9. The quantitative estimate of drug-likeness (QED) is 0.750. The van der Waals surface area contributed by atoms with Crippen molar-refractivity contribution < 1.29 is 8.42 Å². The van der Waals surface area contributed by atoms with Crippen molar-refractivity contribution >= 4 is 27.7 Å². The molecule has 0 aliphatic heterocycles.